The zero-order chi connectivity index (χ0) is 19.4. The molecule has 2 aromatic rings. The topological polar surface area (TPSA) is 94.1 Å². The molecule has 0 saturated carbocycles. The number of hydrogen-bond acceptors (Lipinski definition) is 5. The van der Waals surface area contributed by atoms with E-state index < -0.39 is 12.6 Å². The number of methoxy groups -OCH3 is 1. The monoisotopic (exact) mass is 371 g/mol. The Morgan fingerprint density at radius 2 is 2.11 bits per heavy atom. The summed E-state index contributed by atoms with van der Waals surface area (Å²) in [7, 11) is 1.59. The van der Waals surface area contributed by atoms with Crippen molar-refractivity contribution in [1.29, 1.82) is 0 Å². The van der Waals surface area contributed by atoms with Crippen LogP contribution >= 0.6 is 0 Å². The van der Waals surface area contributed by atoms with Gasteiger partial charge in [0, 0.05) is 29.7 Å². The quantitative estimate of drug-likeness (QED) is 0.776. The number of carbonyl (C=O) groups excluding carboxylic acids is 1. The van der Waals surface area contributed by atoms with Gasteiger partial charge in [-0.05, 0) is 37.3 Å². The van der Waals surface area contributed by atoms with Crippen LogP contribution in [0.1, 0.15) is 28.4 Å². The molecule has 7 nitrogen and oxygen atoms in total. The van der Waals surface area contributed by atoms with Crippen molar-refractivity contribution >= 4 is 11.9 Å². The number of carbonyl (C=O) groups is 2. The largest absolute Gasteiger partial charge is 0.496 e. The first kappa shape index (κ1) is 18.6. The number of hydrogen-bond donors (Lipinski definition) is 2. The minimum absolute atomic E-state index is 0.128. The fourth-order valence-electron chi connectivity index (χ4n) is 2.96. The maximum absolute atomic E-state index is 12.4. The minimum atomic E-state index is -1.08. The van der Waals surface area contributed by atoms with E-state index in [9.17, 15) is 9.59 Å². The van der Waals surface area contributed by atoms with Gasteiger partial charge in [-0.2, -0.15) is 0 Å². The summed E-state index contributed by atoms with van der Waals surface area (Å²) < 4.78 is 16.3. The smallest absolute Gasteiger partial charge is 0.341 e. The van der Waals surface area contributed by atoms with E-state index in [4.69, 9.17) is 19.3 Å². The van der Waals surface area contributed by atoms with Crippen LogP contribution in [-0.4, -0.2) is 36.8 Å². The highest BCUT2D eigenvalue weighted by Crippen LogP contribution is 2.34. The Bertz CT molecular complexity index is 864. The first-order valence-corrected chi connectivity index (χ1v) is 8.55. The van der Waals surface area contributed by atoms with Crippen molar-refractivity contribution in [2.24, 2.45) is 0 Å². The van der Waals surface area contributed by atoms with Crippen LogP contribution in [0.2, 0.25) is 0 Å². The van der Waals surface area contributed by atoms with E-state index in [1.165, 1.54) is 6.07 Å². The van der Waals surface area contributed by atoms with Crippen LogP contribution in [0.3, 0.4) is 0 Å². The number of aliphatic carboxylic acids is 1. The minimum Gasteiger partial charge on any atom is -0.496 e. The number of amides is 1. The van der Waals surface area contributed by atoms with Gasteiger partial charge in [0.25, 0.3) is 5.91 Å². The van der Waals surface area contributed by atoms with Crippen LogP contribution < -0.4 is 19.5 Å². The third-order valence-corrected chi connectivity index (χ3v) is 4.20. The summed E-state index contributed by atoms with van der Waals surface area (Å²) in [6, 6.07) is 10.2. The van der Waals surface area contributed by atoms with Gasteiger partial charge in [0.15, 0.2) is 6.61 Å². The maximum Gasteiger partial charge on any atom is 0.341 e. The molecule has 0 fully saturated rings. The number of rotatable bonds is 7. The molecule has 0 saturated heterocycles. The Morgan fingerprint density at radius 3 is 2.85 bits per heavy atom. The fourth-order valence-corrected chi connectivity index (χ4v) is 2.96. The summed E-state index contributed by atoms with van der Waals surface area (Å²) in [5.74, 6) is 0.460. The summed E-state index contributed by atoms with van der Waals surface area (Å²) >= 11 is 0. The number of nitrogens with one attached hydrogen (secondary N) is 1. The highest BCUT2D eigenvalue weighted by Gasteiger charge is 2.22. The number of fused-ring (bicyclic) bond motifs is 1. The van der Waals surface area contributed by atoms with Gasteiger partial charge in [-0.1, -0.05) is 6.07 Å². The molecule has 0 spiro atoms. The fraction of sp³-hybridized carbons (Fsp3) is 0.300. The molecule has 1 unspecified atom stereocenters. The molecule has 0 radical (unpaired) electrons. The van der Waals surface area contributed by atoms with Gasteiger partial charge in [0.05, 0.1) is 7.11 Å². The Balaban J connectivity index is 1.68. The molecule has 7 heteroatoms. The van der Waals surface area contributed by atoms with E-state index >= 15 is 0 Å². The van der Waals surface area contributed by atoms with E-state index in [-0.39, 0.29) is 18.6 Å². The molecule has 142 valence electrons. The molecule has 1 heterocycles. The van der Waals surface area contributed by atoms with Crippen LogP contribution in [0.25, 0.3) is 0 Å². The molecule has 1 aliphatic rings. The Hall–Kier alpha value is -3.22. The van der Waals surface area contributed by atoms with E-state index in [0.29, 0.717) is 17.1 Å². The first-order valence-electron chi connectivity index (χ1n) is 8.55. The molecule has 1 aliphatic heterocycles. The zero-order valence-electron chi connectivity index (χ0n) is 15.2. The van der Waals surface area contributed by atoms with Gasteiger partial charge in [0.2, 0.25) is 0 Å². The average Bonchev–Trinajstić information content (AvgIpc) is 3.02. The van der Waals surface area contributed by atoms with Gasteiger partial charge in [-0.15, -0.1) is 0 Å². The lowest BCUT2D eigenvalue weighted by Gasteiger charge is -2.12. The second-order valence-electron chi connectivity index (χ2n) is 6.30. The molecular formula is C20H21NO6. The van der Waals surface area contributed by atoms with Crippen LogP contribution in [0, 0.1) is 0 Å². The van der Waals surface area contributed by atoms with Crippen molar-refractivity contribution < 1.29 is 28.9 Å². The lowest BCUT2D eigenvalue weighted by atomic mass is 10.1. The Kier molecular flexibility index (Phi) is 5.49. The SMILES string of the molecule is COc1cc2c(cc1CNC(=O)c1cccc(OCC(=O)O)c1)OC(C)C2. The van der Waals surface area contributed by atoms with Gasteiger partial charge >= 0.3 is 5.97 Å². The van der Waals surface area contributed by atoms with Crippen molar-refractivity contribution in [2.75, 3.05) is 13.7 Å². The van der Waals surface area contributed by atoms with Crippen molar-refractivity contribution in [2.45, 2.75) is 26.0 Å². The van der Waals surface area contributed by atoms with Crippen LogP contribution in [0.4, 0.5) is 0 Å². The summed E-state index contributed by atoms with van der Waals surface area (Å²) in [5.41, 5.74) is 2.29. The number of carboxylic acid groups (broad SMARTS) is 1. The highest BCUT2D eigenvalue weighted by atomic mass is 16.5. The van der Waals surface area contributed by atoms with Gasteiger partial charge in [0.1, 0.15) is 23.4 Å². The third kappa shape index (κ3) is 4.49. The predicted octanol–water partition coefficient (Wildman–Crippen LogP) is 2.41. The standard InChI is InChI=1S/C20H21NO6/c1-12-6-14-8-17(25-2)15(9-18(14)27-12)10-21-20(24)13-4-3-5-16(7-13)26-11-19(22)23/h3-5,7-9,12H,6,10-11H2,1-2H3,(H,21,24)(H,22,23). The molecule has 2 aromatic carbocycles. The first-order chi connectivity index (χ1) is 13.0. The molecular weight excluding hydrogens is 350 g/mol. The molecule has 3 rings (SSSR count). The second-order valence-corrected chi connectivity index (χ2v) is 6.30. The van der Waals surface area contributed by atoms with Crippen LogP contribution in [0.5, 0.6) is 17.2 Å². The van der Waals surface area contributed by atoms with Crippen LogP contribution in [0.15, 0.2) is 36.4 Å². The Labute approximate surface area is 156 Å². The van der Waals surface area contributed by atoms with Gasteiger partial charge in [-0.3, -0.25) is 4.79 Å². The van der Waals surface area contributed by atoms with Gasteiger partial charge in [-0.25, -0.2) is 4.79 Å². The molecule has 27 heavy (non-hydrogen) atoms. The van der Waals surface area contributed by atoms with Crippen molar-refractivity contribution in [3.63, 3.8) is 0 Å². The summed E-state index contributed by atoms with van der Waals surface area (Å²) in [6.45, 7) is 1.82. The highest BCUT2D eigenvalue weighted by molar-refractivity contribution is 5.94. The lowest BCUT2D eigenvalue weighted by Crippen LogP contribution is -2.23. The molecule has 0 bridgehead atoms. The van der Waals surface area contributed by atoms with E-state index in [2.05, 4.69) is 5.32 Å². The van der Waals surface area contributed by atoms with E-state index in [1.54, 1.807) is 25.3 Å². The van der Waals surface area contributed by atoms with E-state index in [1.807, 2.05) is 19.1 Å². The molecule has 1 amide bonds. The summed E-state index contributed by atoms with van der Waals surface area (Å²) in [4.78, 5) is 23.0. The predicted molar refractivity (Wildman–Crippen MR) is 97.5 cm³/mol. The van der Waals surface area contributed by atoms with Crippen molar-refractivity contribution in [3.05, 3.63) is 53.1 Å². The van der Waals surface area contributed by atoms with Gasteiger partial charge < -0.3 is 24.6 Å². The molecule has 0 aliphatic carbocycles. The van der Waals surface area contributed by atoms with E-state index in [0.717, 1.165) is 23.3 Å². The number of ether oxygens (including phenoxy) is 3. The average molecular weight is 371 g/mol. The zero-order valence-corrected chi connectivity index (χ0v) is 15.2. The second kappa shape index (κ2) is 7.99. The van der Waals surface area contributed by atoms with Crippen molar-refractivity contribution in [3.8, 4) is 17.2 Å². The molecule has 0 aromatic heterocycles. The molecule has 2 N–H and O–H groups in total. The third-order valence-electron chi connectivity index (χ3n) is 4.20. The number of carboxylic acids is 1. The van der Waals surface area contributed by atoms with Crippen molar-refractivity contribution in [1.82, 2.24) is 5.32 Å². The summed E-state index contributed by atoms with van der Waals surface area (Å²) in [5, 5.41) is 11.5. The lowest BCUT2D eigenvalue weighted by molar-refractivity contribution is -0.139. The van der Waals surface area contributed by atoms with Crippen LogP contribution in [-0.2, 0) is 17.8 Å². The number of benzene rings is 2. The normalized spacial score (nSPS) is 14.8. The summed E-state index contributed by atoms with van der Waals surface area (Å²) in [6.07, 6.45) is 0.963. The maximum atomic E-state index is 12.4. The molecule has 1 atom stereocenters. The Morgan fingerprint density at radius 1 is 1.30 bits per heavy atom.